The zero-order chi connectivity index (χ0) is 45.8. The Balaban J connectivity index is 0.000000665. The molecule has 386 valence electrons. The molecule has 6 N–H and O–H groups in total. The second-order valence-corrected chi connectivity index (χ2v) is 24.6. The summed E-state index contributed by atoms with van der Waals surface area (Å²) in [5, 5.41) is 15.7. The number of hydrogen-bond acceptors (Lipinski definition) is 4. The van der Waals surface area contributed by atoms with Gasteiger partial charge in [0.05, 0.1) is 0 Å². The number of halogens is 4. The number of hydrogen-bond donors (Lipinski definition) is 4. The predicted molar refractivity (Wildman–Crippen MR) is 299 cm³/mol. The second-order valence-electron chi connectivity index (χ2n) is 15.0. The molecule has 0 bridgehead atoms. The molecule has 0 amide bonds. The van der Waals surface area contributed by atoms with Crippen molar-refractivity contribution in [1.82, 2.24) is 20.9 Å². The van der Waals surface area contributed by atoms with Crippen molar-refractivity contribution in [2.24, 2.45) is 11.5 Å². The van der Waals surface area contributed by atoms with Gasteiger partial charge in [0, 0.05) is 69.9 Å². The van der Waals surface area contributed by atoms with Gasteiger partial charge in [0.25, 0.3) is 0 Å². The van der Waals surface area contributed by atoms with E-state index in [4.69, 9.17) is 35.9 Å². The second kappa shape index (κ2) is 37.2. The fourth-order valence-electron chi connectivity index (χ4n) is 7.34. The van der Waals surface area contributed by atoms with E-state index < -0.39 is 31.7 Å². The number of rotatable bonds is 18. The van der Waals surface area contributed by atoms with Crippen LogP contribution in [0.2, 0.25) is 0 Å². The Hall–Kier alpha value is -2.58. The van der Waals surface area contributed by atoms with Crippen LogP contribution < -0.4 is 114 Å². The van der Waals surface area contributed by atoms with Gasteiger partial charge in [0.15, 0.2) is 10.2 Å². The maximum Gasteiger partial charge on any atom is 0.178 e. The Labute approximate surface area is 498 Å². The molecule has 0 atom stereocenters. The summed E-state index contributed by atoms with van der Waals surface area (Å²) in [6.07, 6.45) is 3.22. The molecule has 8 rings (SSSR count). The van der Waals surface area contributed by atoms with Gasteiger partial charge in [0.1, 0.15) is 0 Å². The molecule has 0 aromatic heterocycles. The van der Waals surface area contributed by atoms with Crippen molar-refractivity contribution < 1.29 is 94.4 Å². The average molecular weight is 1510 g/mol. The largest absolute Gasteiger partial charge is 1.00 e. The van der Waals surface area contributed by atoms with Crippen molar-refractivity contribution in [3.05, 3.63) is 243 Å². The molecule has 0 aliphatic rings. The topological polar surface area (TPSA) is 82.6 Å². The summed E-state index contributed by atoms with van der Waals surface area (Å²) >= 11 is 10.6. The van der Waals surface area contributed by atoms with Crippen molar-refractivity contribution in [3.63, 3.8) is 0 Å². The van der Waals surface area contributed by atoms with Crippen LogP contribution in [0.15, 0.2) is 243 Å². The third-order valence-electron chi connectivity index (χ3n) is 10.3. The number of nitrogens with zero attached hydrogens (tertiary/aromatic N) is 2. The first-order chi connectivity index (χ1) is 32.4. The fourth-order valence-corrected chi connectivity index (χ4v) is 16.7. The van der Waals surface area contributed by atoms with E-state index >= 15 is 0 Å². The molecule has 6 nitrogen and oxygen atoms in total. The third-order valence-corrected chi connectivity index (χ3v) is 20.4. The zero-order valence-electron chi connectivity index (χ0n) is 38.7. The van der Waals surface area contributed by atoms with Gasteiger partial charge in [-0.1, -0.05) is 243 Å². The quantitative estimate of drug-likeness (QED) is 0.0305. The van der Waals surface area contributed by atoms with Crippen LogP contribution in [0.5, 0.6) is 0 Å². The smallest absolute Gasteiger partial charge is 0.178 e. The first kappa shape index (κ1) is 67.4. The number of hydrazine groups is 2. The van der Waals surface area contributed by atoms with Crippen LogP contribution in [0.25, 0.3) is 0 Å². The van der Waals surface area contributed by atoms with E-state index in [1.165, 1.54) is 42.4 Å². The molecule has 0 heterocycles. The summed E-state index contributed by atoms with van der Waals surface area (Å²) < 4.78 is 0. The summed E-state index contributed by atoms with van der Waals surface area (Å²) in [5.74, 6) is 0. The molecule has 0 spiro atoms. The minimum Gasteiger partial charge on any atom is -1.00 e. The first-order valence-electron chi connectivity index (χ1n) is 21.5. The minimum atomic E-state index is -0.631. The molecular weight excluding hydrogens is 1460 g/mol. The van der Waals surface area contributed by atoms with E-state index in [0.717, 1.165) is 25.1 Å². The van der Waals surface area contributed by atoms with Gasteiger partial charge >= 0.3 is 0 Å². The van der Waals surface area contributed by atoms with Crippen LogP contribution in [-0.2, 0) is 44.8 Å². The third kappa shape index (κ3) is 21.6. The van der Waals surface area contributed by atoms with Crippen molar-refractivity contribution in [2.45, 2.75) is 0 Å². The van der Waals surface area contributed by atoms with Crippen LogP contribution in [0.4, 0.5) is 0 Å². The summed E-state index contributed by atoms with van der Waals surface area (Å²) in [6, 6.07) is 85.8. The maximum absolute atomic E-state index is 5.99. The summed E-state index contributed by atoms with van der Waals surface area (Å²) in [5.41, 5.74) is 18.6. The SMILES string of the molecule is NC(=S)NN(CP(c1ccccc1)c1ccccc1)CP(c1ccccc1)c1ccccc1.NC(=S)NN(CP(c1ccccc1)c1ccccc1)CP(c1ccccc1)c1ccccc1.[Au].[Au].[Cl-].[Cl-].[Cl-].[Cl-]. The molecule has 0 aliphatic carbocycles. The van der Waals surface area contributed by atoms with Crippen molar-refractivity contribution in [1.29, 1.82) is 0 Å². The molecular formula is C54H54Au2Cl4N6P4S2-4. The van der Waals surface area contributed by atoms with Crippen LogP contribution in [0.3, 0.4) is 0 Å². The Bertz CT molecular complexity index is 2150. The summed E-state index contributed by atoms with van der Waals surface area (Å²) in [6.45, 7) is 0. The molecule has 8 aromatic carbocycles. The number of nitrogens with two attached hydrogens (primary N) is 2. The van der Waals surface area contributed by atoms with Gasteiger partial charge in [0.2, 0.25) is 0 Å². The van der Waals surface area contributed by atoms with Crippen LogP contribution in [0, 0.1) is 0 Å². The fraction of sp³-hybridized carbons (Fsp3) is 0.0741. The molecule has 8 aromatic rings. The number of thiocarbonyl (C=S) groups is 2. The minimum absolute atomic E-state index is 0. The van der Waals surface area contributed by atoms with E-state index in [2.05, 4.69) is 264 Å². The van der Waals surface area contributed by atoms with Crippen LogP contribution in [-0.4, -0.2) is 45.4 Å². The molecule has 0 fully saturated rings. The van der Waals surface area contributed by atoms with E-state index in [0.29, 0.717) is 10.2 Å². The van der Waals surface area contributed by atoms with E-state index in [-0.39, 0.29) is 94.4 Å². The standard InChI is InChI=1S/2C27H27N3P2S.2Au.4ClH/c2*28-27(33)29-30(21-31(23-13-5-1-6-14-23)24-15-7-2-8-16-24)22-32(25-17-9-3-10-18-25)26-19-11-4-12-20-26;;;;;;/h2*1-20H,21-22H2,(H3,28,29,33);;;4*1H/p-4. The zero-order valence-corrected chi connectivity index (χ0v) is 51.3. The van der Waals surface area contributed by atoms with Crippen LogP contribution >= 0.6 is 56.1 Å². The number of benzene rings is 8. The molecule has 0 saturated heterocycles. The average Bonchev–Trinajstić information content (AvgIpc) is 3.37. The number of nitrogens with one attached hydrogen (secondary N) is 2. The van der Waals surface area contributed by atoms with Crippen molar-refractivity contribution in [3.8, 4) is 0 Å². The van der Waals surface area contributed by atoms with Crippen molar-refractivity contribution >= 4 is 109 Å². The normalized spacial score (nSPS) is 10.2. The van der Waals surface area contributed by atoms with E-state index in [1.807, 2.05) is 0 Å². The summed E-state index contributed by atoms with van der Waals surface area (Å²) in [4.78, 5) is 0. The van der Waals surface area contributed by atoms with Crippen molar-refractivity contribution in [2.75, 3.05) is 25.1 Å². The summed E-state index contributed by atoms with van der Waals surface area (Å²) in [7, 11) is -2.52. The molecule has 0 aliphatic heterocycles. The van der Waals surface area contributed by atoms with Gasteiger partial charge in [-0.2, -0.15) is 0 Å². The Morgan fingerprint density at radius 3 is 0.528 bits per heavy atom. The maximum atomic E-state index is 5.99. The Morgan fingerprint density at radius 1 is 0.292 bits per heavy atom. The van der Waals surface area contributed by atoms with Gasteiger partial charge in [-0.05, 0) is 98.6 Å². The predicted octanol–water partition coefficient (Wildman–Crippen LogP) is -3.55. The monoisotopic (exact) mass is 1510 g/mol. The van der Waals surface area contributed by atoms with Crippen LogP contribution in [0.1, 0.15) is 0 Å². The van der Waals surface area contributed by atoms with E-state index in [9.17, 15) is 0 Å². The first-order valence-corrected chi connectivity index (χ1v) is 28.5. The Kier molecular flexibility index (Phi) is 34.9. The molecule has 0 saturated carbocycles. The van der Waals surface area contributed by atoms with Gasteiger partial charge in [-0.3, -0.25) is 10.9 Å². The van der Waals surface area contributed by atoms with Gasteiger partial charge in [-0.25, -0.2) is 10.0 Å². The molecule has 18 heteroatoms. The Morgan fingerprint density at radius 2 is 0.417 bits per heavy atom. The molecule has 2 radical (unpaired) electrons. The van der Waals surface area contributed by atoms with Gasteiger partial charge < -0.3 is 61.1 Å². The molecule has 0 unspecified atom stereocenters. The molecule has 72 heavy (non-hydrogen) atoms. The van der Waals surface area contributed by atoms with E-state index in [1.54, 1.807) is 0 Å². The van der Waals surface area contributed by atoms with Gasteiger partial charge in [-0.15, -0.1) is 0 Å².